The highest BCUT2D eigenvalue weighted by molar-refractivity contribution is 6.42. The van der Waals surface area contributed by atoms with Crippen molar-refractivity contribution >= 4 is 28.0 Å². The lowest BCUT2D eigenvalue weighted by Gasteiger charge is -2.13. The topological polar surface area (TPSA) is 84.7 Å². The molecule has 2 aromatic heterocycles. The van der Waals surface area contributed by atoms with E-state index in [1.807, 2.05) is 67.6 Å². The van der Waals surface area contributed by atoms with Gasteiger partial charge in [0.05, 0.1) is 40.6 Å². The number of ether oxygens (including phenoxy) is 5. The van der Waals surface area contributed by atoms with Crippen molar-refractivity contribution in [2.24, 2.45) is 0 Å². The van der Waals surface area contributed by atoms with Crippen molar-refractivity contribution in [3.05, 3.63) is 78.1 Å². The van der Waals surface area contributed by atoms with Gasteiger partial charge in [0.1, 0.15) is 5.69 Å². The van der Waals surface area contributed by atoms with Gasteiger partial charge in [-0.1, -0.05) is 35.9 Å². The van der Waals surface area contributed by atoms with Crippen molar-refractivity contribution in [2.75, 3.05) is 35.0 Å². The van der Waals surface area contributed by atoms with E-state index < -0.39 is 11.8 Å². The van der Waals surface area contributed by atoms with E-state index >= 15 is 0 Å². The van der Waals surface area contributed by atoms with Gasteiger partial charge in [-0.15, -0.1) is 0 Å². The van der Waals surface area contributed by atoms with E-state index in [-0.39, 0.29) is 12.3 Å². The summed E-state index contributed by atoms with van der Waals surface area (Å²) >= 11 is 0. The molecule has 41 heavy (non-hydrogen) atoms. The van der Waals surface area contributed by atoms with E-state index in [2.05, 4.69) is 0 Å². The van der Waals surface area contributed by atoms with E-state index in [4.69, 9.17) is 23.7 Å². The molecule has 0 aliphatic carbocycles. The first-order valence-corrected chi connectivity index (χ1v) is 13.1. The molecule has 2 heterocycles. The molecule has 3 aromatic carbocycles. The number of pyridine rings is 1. The second kappa shape index (κ2) is 11.3. The second-order valence-electron chi connectivity index (χ2n) is 9.41. The molecule has 0 amide bonds. The van der Waals surface area contributed by atoms with Crippen LogP contribution in [0.4, 0.5) is 0 Å². The van der Waals surface area contributed by atoms with Crippen LogP contribution in [-0.2, 0) is 9.53 Å². The Morgan fingerprint density at radius 3 is 1.95 bits per heavy atom. The van der Waals surface area contributed by atoms with Gasteiger partial charge >= 0.3 is 5.97 Å². The summed E-state index contributed by atoms with van der Waals surface area (Å²) in [6.45, 7) is 3.74. The number of ketones is 1. The fourth-order valence-corrected chi connectivity index (χ4v) is 5.19. The molecule has 5 aromatic rings. The van der Waals surface area contributed by atoms with E-state index in [9.17, 15) is 9.59 Å². The van der Waals surface area contributed by atoms with Crippen LogP contribution >= 0.6 is 0 Å². The molecule has 0 N–H and O–H groups in total. The molecule has 0 atom stereocenters. The zero-order chi connectivity index (χ0) is 29.3. The molecule has 8 heteroatoms. The monoisotopic (exact) mass is 553 g/mol. The van der Waals surface area contributed by atoms with Crippen molar-refractivity contribution in [1.29, 1.82) is 0 Å². The normalized spacial score (nSPS) is 11.0. The molecule has 0 aliphatic heterocycles. The molecule has 0 unspecified atom stereocenters. The van der Waals surface area contributed by atoms with Gasteiger partial charge < -0.3 is 28.1 Å². The van der Waals surface area contributed by atoms with Gasteiger partial charge in [0, 0.05) is 22.7 Å². The van der Waals surface area contributed by atoms with E-state index in [0.717, 1.165) is 33.0 Å². The van der Waals surface area contributed by atoms with Crippen LogP contribution in [0.15, 0.2) is 66.9 Å². The third kappa shape index (κ3) is 4.71. The number of esters is 1. The second-order valence-corrected chi connectivity index (χ2v) is 9.41. The van der Waals surface area contributed by atoms with E-state index in [1.54, 1.807) is 46.0 Å². The number of fused-ring (bicyclic) bond motifs is 3. The zero-order valence-electron chi connectivity index (χ0n) is 23.9. The van der Waals surface area contributed by atoms with Gasteiger partial charge in [0.2, 0.25) is 0 Å². The third-order valence-electron chi connectivity index (χ3n) is 7.11. The van der Waals surface area contributed by atoms with Gasteiger partial charge in [-0.2, -0.15) is 0 Å². The Balaban J connectivity index is 2.02. The Morgan fingerprint density at radius 2 is 1.32 bits per heavy atom. The number of nitrogens with zero attached hydrogens (tertiary/aromatic N) is 1. The molecule has 5 rings (SSSR count). The number of methoxy groups -OCH3 is 4. The lowest BCUT2D eigenvalue weighted by atomic mass is 9.92. The van der Waals surface area contributed by atoms with Crippen LogP contribution in [0.1, 0.15) is 23.0 Å². The Labute approximate surface area is 238 Å². The number of Topliss-reactive ketones (excluding diaryl/α,β-unsaturated/α-hetero) is 1. The number of hydrogen-bond acceptors (Lipinski definition) is 7. The molecular formula is C33H31NO7. The van der Waals surface area contributed by atoms with Crippen molar-refractivity contribution in [2.45, 2.75) is 13.8 Å². The Morgan fingerprint density at radius 1 is 0.707 bits per heavy atom. The number of aryl methyl sites for hydroxylation is 1. The van der Waals surface area contributed by atoms with Gasteiger partial charge in [0.25, 0.3) is 5.78 Å². The van der Waals surface area contributed by atoms with Gasteiger partial charge in [-0.05, 0) is 60.7 Å². The Hall–Kier alpha value is -4.98. The van der Waals surface area contributed by atoms with E-state index in [0.29, 0.717) is 34.1 Å². The van der Waals surface area contributed by atoms with Crippen LogP contribution in [-0.4, -0.2) is 51.2 Å². The highest BCUT2D eigenvalue weighted by atomic mass is 16.5. The SMILES string of the molecule is CCOC(=O)C(=O)c1c(-c2ccc(C)cc2)c(-c2ccc(OC)c(OC)c2)c2c3cc(OC)c(OC)cc3ccn12. The highest BCUT2D eigenvalue weighted by Gasteiger charge is 2.31. The zero-order valence-corrected chi connectivity index (χ0v) is 23.9. The van der Waals surface area contributed by atoms with Gasteiger partial charge in [-0.3, -0.25) is 4.79 Å². The lowest BCUT2D eigenvalue weighted by molar-refractivity contribution is -0.137. The van der Waals surface area contributed by atoms with Crippen LogP contribution in [0.25, 0.3) is 38.5 Å². The number of benzene rings is 3. The summed E-state index contributed by atoms with van der Waals surface area (Å²) < 4.78 is 29.3. The Bertz CT molecular complexity index is 1780. The van der Waals surface area contributed by atoms with Crippen molar-refractivity contribution < 1.29 is 33.3 Å². The number of carbonyl (C=O) groups is 2. The van der Waals surface area contributed by atoms with Crippen LogP contribution in [0, 0.1) is 6.92 Å². The molecule has 8 nitrogen and oxygen atoms in total. The first kappa shape index (κ1) is 27.6. The molecule has 0 saturated heterocycles. The molecule has 0 fully saturated rings. The number of carbonyl (C=O) groups excluding carboxylic acids is 2. The van der Waals surface area contributed by atoms with Crippen molar-refractivity contribution in [1.82, 2.24) is 4.40 Å². The summed E-state index contributed by atoms with van der Waals surface area (Å²) in [6.07, 6.45) is 1.79. The number of aromatic nitrogens is 1. The minimum Gasteiger partial charge on any atom is -0.493 e. The average molecular weight is 554 g/mol. The molecule has 0 radical (unpaired) electrons. The molecule has 0 saturated carbocycles. The maximum Gasteiger partial charge on any atom is 0.381 e. The van der Waals surface area contributed by atoms with Gasteiger partial charge in [-0.25, -0.2) is 4.79 Å². The fourth-order valence-electron chi connectivity index (χ4n) is 5.19. The number of hydrogen-bond donors (Lipinski definition) is 0. The molecular weight excluding hydrogens is 522 g/mol. The summed E-state index contributed by atoms with van der Waals surface area (Å²) in [5.41, 5.74) is 4.83. The quantitative estimate of drug-likeness (QED) is 0.117. The standard InChI is InChI=1S/C33H31NO7/c1-7-41-33(36)32(35)31-28(20-10-8-19(2)9-11-20)29(22-12-13-24(37-3)25(17-22)38-4)30-23-18-27(40-6)26(39-5)16-21(23)14-15-34(30)31/h8-18H,7H2,1-6H3. The average Bonchev–Trinajstić information content (AvgIpc) is 3.35. The maximum atomic E-state index is 13.9. The van der Waals surface area contributed by atoms with Crippen LogP contribution in [0.2, 0.25) is 0 Å². The largest absolute Gasteiger partial charge is 0.493 e. The molecule has 0 aliphatic rings. The first-order chi connectivity index (χ1) is 19.9. The van der Waals surface area contributed by atoms with E-state index in [1.165, 1.54) is 0 Å². The summed E-state index contributed by atoms with van der Waals surface area (Å²) in [6, 6.07) is 19.1. The van der Waals surface area contributed by atoms with Crippen molar-refractivity contribution in [3.8, 4) is 45.3 Å². The molecule has 0 bridgehead atoms. The fraction of sp³-hybridized carbons (Fsp3) is 0.212. The van der Waals surface area contributed by atoms with Crippen molar-refractivity contribution in [3.63, 3.8) is 0 Å². The molecule has 210 valence electrons. The smallest absolute Gasteiger partial charge is 0.381 e. The Kier molecular flexibility index (Phi) is 7.57. The minimum atomic E-state index is -0.925. The summed E-state index contributed by atoms with van der Waals surface area (Å²) in [5, 5.41) is 1.66. The number of rotatable bonds is 9. The van der Waals surface area contributed by atoms with Crippen LogP contribution in [0.5, 0.6) is 23.0 Å². The third-order valence-corrected chi connectivity index (χ3v) is 7.11. The maximum absolute atomic E-state index is 13.9. The van der Waals surface area contributed by atoms with Gasteiger partial charge in [0.15, 0.2) is 23.0 Å². The van der Waals surface area contributed by atoms with Crippen LogP contribution < -0.4 is 18.9 Å². The lowest BCUT2D eigenvalue weighted by Crippen LogP contribution is -2.20. The minimum absolute atomic E-state index is 0.0796. The summed E-state index contributed by atoms with van der Waals surface area (Å²) in [4.78, 5) is 26.8. The molecule has 0 spiro atoms. The first-order valence-electron chi connectivity index (χ1n) is 13.1. The van der Waals surface area contributed by atoms with Crippen LogP contribution in [0.3, 0.4) is 0 Å². The summed E-state index contributed by atoms with van der Waals surface area (Å²) in [7, 11) is 6.31. The summed E-state index contributed by atoms with van der Waals surface area (Å²) in [5.74, 6) is 0.524. The predicted octanol–water partition coefficient (Wildman–Crippen LogP) is 6.52. The highest BCUT2D eigenvalue weighted by Crippen LogP contribution is 2.46. The predicted molar refractivity (Wildman–Crippen MR) is 158 cm³/mol.